The maximum atomic E-state index is 5.80. The molecule has 5 aromatic carbocycles. The average molecular weight is 449 g/mol. The summed E-state index contributed by atoms with van der Waals surface area (Å²) in [7, 11) is 0. The summed E-state index contributed by atoms with van der Waals surface area (Å²) >= 11 is 0. The number of benzene rings is 5. The molecule has 2 N–H and O–H groups in total. The van der Waals surface area contributed by atoms with E-state index >= 15 is 0 Å². The first-order valence-corrected chi connectivity index (χ1v) is 12.0. The molecule has 6 aromatic rings. The van der Waals surface area contributed by atoms with Gasteiger partial charge in [-0.25, -0.2) is 0 Å². The van der Waals surface area contributed by atoms with Crippen LogP contribution < -0.4 is 5.73 Å². The molecule has 0 radical (unpaired) electrons. The van der Waals surface area contributed by atoms with E-state index in [4.69, 9.17) is 5.73 Å². The largest absolute Gasteiger partial charge is 0.405 e. The average Bonchev–Trinajstić information content (AvgIpc) is 3.38. The molecule has 0 spiro atoms. The highest BCUT2D eigenvalue weighted by Gasteiger charge is 2.23. The molecular formula is C33H24N2. The summed E-state index contributed by atoms with van der Waals surface area (Å²) in [6, 6.07) is 37.3. The van der Waals surface area contributed by atoms with Crippen LogP contribution in [-0.2, 0) is 0 Å². The Morgan fingerprint density at radius 2 is 1.40 bits per heavy atom. The van der Waals surface area contributed by atoms with Gasteiger partial charge in [-0.05, 0) is 82.3 Å². The minimum absolute atomic E-state index is 1.20. The van der Waals surface area contributed by atoms with Crippen molar-refractivity contribution in [2.24, 2.45) is 5.73 Å². The van der Waals surface area contributed by atoms with Gasteiger partial charge in [0.25, 0.3) is 0 Å². The van der Waals surface area contributed by atoms with Gasteiger partial charge in [-0.1, -0.05) is 78.9 Å². The van der Waals surface area contributed by atoms with E-state index in [1.807, 2.05) is 6.08 Å². The molecule has 2 heteroatoms. The van der Waals surface area contributed by atoms with Crippen molar-refractivity contribution in [1.29, 1.82) is 0 Å². The van der Waals surface area contributed by atoms with Gasteiger partial charge in [0.1, 0.15) is 0 Å². The number of nitrogens with zero attached hydrogens (tertiary/aromatic N) is 1. The highest BCUT2D eigenvalue weighted by Crippen LogP contribution is 2.45. The normalized spacial score (nSPS) is 13.2. The molecule has 0 saturated heterocycles. The zero-order chi connectivity index (χ0) is 23.5. The number of fused-ring (bicyclic) bond motifs is 3. The minimum atomic E-state index is 1.20. The van der Waals surface area contributed by atoms with E-state index in [2.05, 4.69) is 115 Å². The number of allylic oxidation sites excluding steroid dienone is 3. The maximum Gasteiger partial charge on any atom is 0.0541 e. The summed E-state index contributed by atoms with van der Waals surface area (Å²) in [6.45, 7) is 2.19. The predicted octanol–water partition coefficient (Wildman–Crippen LogP) is 8.32. The Labute approximate surface area is 204 Å². The second kappa shape index (κ2) is 7.48. The van der Waals surface area contributed by atoms with Gasteiger partial charge in [0.15, 0.2) is 0 Å². The van der Waals surface area contributed by atoms with Crippen LogP contribution in [0.5, 0.6) is 0 Å². The summed E-state index contributed by atoms with van der Waals surface area (Å²) in [6.07, 6.45) is 3.66. The van der Waals surface area contributed by atoms with Crippen LogP contribution in [0.3, 0.4) is 0 Å². The van der Waals surface area contributed by atoms with E-state index in [0.717, 1.165) is 0 Å². The monoisotopic (exact) mass is 448 g/mol. The Bertz CT molecular complexity index is 1850. The number of aromatic nitrogens is 1. The van der Waals surface area contributed by atoms with Crippen LogP contribution in [0.2, 0.25) is 0 Å². The standard InChI is InChI=1S/C33H24N2/c1-21-24(18-19-34)27-11-7-12-28-31(17-15-25(21)33(27)28)35-30-13-6-5-10-26(30)29-20-23(14-16-32(29)35)22-8-3-2-4-9-22/h2-20H,34H2,1H3/b19-18-. The van der Waals surface area contributed by atoms with Gasteiger partial charge in [-0.15, -0.1) is 0 Å². The predicted molar refractivity (Wildman–Crippen MR) is 150 cm³/mol. The molecule has 2 nitrogen and oxygen atoms in total. The molecule has 0 saturated carbocycles. The van der Waals surface area contributed by atoms with Crippen molar-refractivity contribution in [3.63, 3.8) is 0 Å². The summed E-state index contributed by atoms with van der Waals surface area (Å²) in [5, 5.41) is 5.10. The topological polar surface area (TPSA) is 30.9 Å². The van der Waals surface area contributed by atoms with Crippen LogP contribution >= 0.6 is 0 Å². The van der Waals surface area contributed by atoms with E-state index in [0.29, 0.717) is 0 Å². The Morgan fingerprint density at radius 3 is 2.26 bits per heavy atom. The maximum absolute atomic E-state index is 5.80. The second-order valence-electron chi connectivity index (χ2n) is 9.21. The number of rotatable bonds is 3. The van der Waals surface area contributed by atoms with Gasteiger partial charge >= 0.3 is 0 Å². The Balaban J connectivity index is 1.55. The second-order valence-corrected chi connectivity index (χ2v) is 9.21. The minimum Gasteiger partial charge on any atom is -0.405 e. The SMILES string of the molecule is CC1=C(/C=C\N)c2cccc3c(-n4c5ccccc5c5cc(-c6ccccc6)ccc54)ccc1c23. The van der Waals surface area contributed by atoms with E-state index < -0.39 is 0 Å². The molecule has 0 bridgehead atoms. The van der Waals surface area contributed by atoms with Crippen LogP contribution in [0.4, 0.5) is 0 Å². The Hall–Kier alpha value is -4.56. The molecule has 0 unspecified atom stereocenters. The van der Waals surface area contributed by atoms with Crippen molar-refractivity contribution in [2.75, 3.05) is 0 Å². The number of hydrogen-bond acceptors (Lipinski definition) is 1. The molecule has 1 aliphatic carbocycles. The van der Waals surface area contributed by atoms with Crippen LogP contribution in [0, 0.1) is 0 Å². The smallest absolute Gasteiger partial charge is 0.0541 e. The van der Waals surface area contributed by atoms with Crippen LogP contribution in [-0.4, -0.2) is 4.57 Å². The molecule has 1 heterocycles. The van der Waals surface area contributed by atoms with Gasteiger partial charge in [0.2, 0.25) is 0 Å². The molecule has 7 rings (SSSR count). The first-order chi connectivity index (χ1) is 17.3. The number of nitrogens with two attached hydrogens (primary N) is 1. The van der Waals surface area contributed by atoms with E-state index in [1.54, 1.807) is 6.20 Å². The van der Waals surface area contributed by atoms with Gasteiger partial charge < -0.3 is 10.3 Å². The molecule has 166 valence electrons. The van der Waals surface area contributed by atoms with Gasteiger partial charge in [0.05, 0.1) is 16.7 Å². The van der Waals surface area contributed by atoms with Crippen LogP contribution in [0.25, 0.3) is 60.5 Å². The Kier molecular flexibility index (Phi) is 4.24. The lowest BCUT2D eigenvalue weighted by molar-refractivity contribution is 1.20. The summed E-state index contributed by atoms with van der Waals surface area (Å²) in [5.41, 5.74) is 16.9. The fraction of sp³-hybridized carbons (Fsp3) is 0.0303. The van der Waals surface area contributed by atoms with Crippen molar-refractivity contribution in [2.45, 2.75) is 6.92 Å². The van der Waals surface area contributed by atoms with Crippen molar-refractivity contribution < 1.29 is 0 Å². The quantitative estimate of drug-likeness (QED) is 0.290. The first-order valence-electron chi connectivity index (χ1n) is 12.0. The summed E-state index contributed by atoms with van der Waals surface area (Å²) < 4.78 is 2.43. The molecule has 0 fully saturated rings. The zero-order valence-corrected chi connectivity index (χ0v) is 19.5. The van der Waals surface area contributed by atoms with E-state index in [9.17, 15) is 0 Å². The van der Waals surface area contributed by atoms with Crippen LogP contribution in [0.1, 0.15) is 18.1 Å². The van der Waals surface area contributed by atoms with Crippen molar-refractivity contribution in [1.82, 2.24) is 4.57 Å². The summed E-state index contributed by atoms with van der Waals surface area (Å²) in [4.78, 5) is 0. The molecule has 0 atom stereocenters. The molecule has 35 heavy (non-hydrogen) atoms. The number of para-hydroxylation sites is 1. The number of hydrogen-bond donors (Lipinski definition) is 1. The van der Waals surface area contributed by atoms with E-state index in [-0.39, 0.29) is 0 Å². The highest BCUT2D eigenvalue weighted by molar-refractivity contribution is 6.18. The van der Waals surface area contributed by atoms with Gasteiger partial charge in [-0.2, -0.15) is 0 Å². The molecule has 0 aliphatic heterocycles. The fourth-order valence-electron chi connectivity index (χ4n) is 5.82. The summed E-state index contributed by atoms with van der Waals surface area (Å²) in [5.74, 6) is 0. The molecule has 0 amide bonds. The third-order valence-corrected chi connectivity index (χ3v) is 7.40. The van der Waals surface area contributed by atoms with Crippen molar-refractivity contribution in [3.05, 3.63) is 127 Å². The lowest BCUT2D eigenvalue weighted by atomic mass is 10.00. The lowest BCUT2D eigenvalue weighted by Gasteiger charge is -2.14. The third kappa shape index (κ3) is 2.77. The van der Waals surface area contributed by atoms with Gasteiger partial charge in [0, 0.05) is 16.2 Å². The first kappa shape index (κ1) is 19.9. The van der Waals surface area contributed by atoms with Gasteiger partial charge in [-0.3, -0.25) is 0 Å². The highest BCUT2D eigenvalue weighted by atomic mass is 15.0. The molecular weight excluding hydrogens is 424 g/mol. The molecule has 1 aliphatic rings. The van der Waals surface area contributed by atoms with Crippen LogP contribution in [0.15, 0.2) is 115 Å². The third-order valence-electron chi connectivity index (χ3n) is 7.40. The molecule has 1 aromatic heterocycles. The van der Waals surface area contributed by atoms with Crippen molar-refractivity contribution in [3.8, 4) is 16.8 Å². The van der Waals surface area contributed by atoms with E-state index in [1.165, 1.54) is 71.7 Å². The zero-order valence-electron chi connectivity index (χ0n) is 19.5. The fourth-order valence-corrected chi connectivity index (χ4v) is 5.82. The Morgan fingerprint density at radius 1 is 0.629 bits per heavy atom. The van der Waals surface area contributed by atoms with Crippen molar-refractivity contribution >= 4 is 43.7 Å². The lowest BCUT2D eigenvalue weighted by Crippen LogP contribution is -1.96.